The third-order valence-corrected chi connectivity index (χ3v) is 7.03. The van der Waals surface area contributed by atoms with Crippen LogP contribution in [0, 0.1) is 0 Å². The highest BCUT2D eigenvalue weighted by molar-refractivity contribution is 7.20. The van der Waals surface area contributed by atoms with Crippen molar-refractivity contribution < 1.29 is 9.47 Å². The van der Waals surface area contributed by atoms with Gasteiger partial charge >= 0.3 is 0 Å². The maximum absolute atomic E-state index is 5.40. The first-order chi connectivity index (χ1) is 16.3. The lowest BCUT2D eigenvalue weighted by Gasteiger charge is -2.11. The average Bonchev–Trinajstić information content (AvgIpc) is 3.30. The van der Waals surface area contributed by atoms with Crippen molar-refractivity contribution in [1.29, 1.82) is 0 Å². The molecule has 0 saturated heterocycles. The topological polar surface area (TPSA) is 18.5 Å². The Bertz CT molecular complexity index is 1230. The Morgan fingerprint density at radius 1 is 0.424 bits per heavy atom. The fraction of sp³-hybridized carbons (Fsp3) is 0.0667. The minimum absolute atomic E-state index is 0.857. The Balaban J connectivity index is 1.82. The molecule has 5 rings (SSSR count). The molecule has 0 N–H and O–H groups in total. The van der Waals surface area contributed by atoms with Crippen molar-refractivity contribution >= 4 is 11.3 Å². The molecule has 0 aliphatic rings. The van der Waals surface area contributed by atoms with Gasteiger partial charge in [-0.05, 0) is 70.8 Å². The van der Waals surface area contributed by atoms with Gasteiger partial charge in [0, 0.05) is 20.9 Å². The second-order valence-electron chi connectivity index (χ2n) is 7.70. The molecular weight excluding hydrogens is 424 g/mol. The first-order valence-electron chi connectivity index (χ1n) is 10.8. The Kier molecular flexibility index (Phi) is 5.97. The molecule has 0 amide bonds. The van der Waals surface area contributed by atoms with Gasteiger partial charge in [-0.3, -0.25) is 0 Å². The first-order valence-corrected chi connectivity index (χ1v) is 11.7. The Labute approximate surface area is 198 Å². The molecule has 0 atom stereocenters. The minimum Gasteiger partial charge on any atom is -0.497 e. The van der Waals surface area contributed by atoms with Crippen LogP contribution in [-0.4, -0.2) is 14.2 Å². The molecule has 0 saturated carbocycles. The number of benzene rings is 4. The molecular formula is C30H24O2S. The van der Waals surface area contributed by atoms with Gasteiger partial charge in [-0.1, -0.05) is 60.7 Å². The summed E-state index contributed by atoms with van der Waals surface area (Å²) >= 11 is 1.83. The smallest absolute Gasteiger partial charge is 0.118 e. The van der Waals surface area contributed by atoms with Crippen LogP contribution >= 0.6 is 11.3 Å². The molecule has 1 aromatic heterocycles. The van der Waals surface area contributed by atoms with Gasteiger partial charge in [0.1, 0.15) is 11.5 Å². The van der Waals surface area contributed by atoms with Gasteiger partial charge in [0.25, 0.3) is 0 Å². The van der Waals surface area contributed by atoms with Crippen molar-refractivity contribution in [3.05, 3.63) is 109 Å². The minimum atomic E-state index is 0.857. The van der Waals surface area contributed by atoms with E-state index in [0.29, 0.717) is 0 Å². The van der Waals surface area contributed by atoms with Gasteiger partial charge in [0.2, 0.25) is 0 Å². The van der Waals surface area contributed by atoms with E-state index in [1.807, 2.05) is 35.6 Å². The standard InChI is InChI=1S/C30H24O2S/c1-31-25-17-13-23(14-18-25)29-27(21-9-5-3-6-10-21)28(22-11-7-4-8-12-22)30(33-29)24-15-19-26(32-2)20-16-24/h3-20H,1-2H3. The summed E-state index contributed by atoms with van der Waals surface area (Å²) in [5, 5.41) is 0. The summed E-state index contributed by atoms with van der Waals surface area (Å²) in [5.74, 6) is 1.71. The molecule has 0 aliphatic carbocycles. The molecule has 1 heterocycles. The molecule has 0 bridgehead atoms. The van der Waals surface area contributed by atoms with Gasteiger partial charge in [0.05, 0.1) is 14.2 Å². The second-order valence-corrected chi connectivity index (χ2v) is 8.72. The third kappa shape index (κ3) is 4.15. The molecule has 162 valence electrons. The van der Waals surface area contributed by atoms with E-state index in [0.717, 1.165) is 11.5 Å². The lowest BCUT2D eigenvalue weighted by atomic mass is 9.91. The van der Waals surface area contributed by atoms with Crippen molar-refractivity contribution in [2.45, 2.75) is 0 Å². The lowest BCUT2D eigenvalue weighted by molar-refractivity contribution is 0.415. The molecule has 2 nitrogen and oxygen atoms in total. The first kappa shape index (κ1) is 21.0. The quantitative estimate of drug-likeness (QED) is 0.259. The second kappa shape index (κ2) is 9.35. The van der Waals surface area contributed by atoms with Crippen LogP contribution in [0.25, 0.3) is 43.1 Å². The maximum atomic E-state index is 5.40. The Morgan fingerprint density at radius 2 is 0.788 bits per heavy atom. The summed E-state index contributed by atoms with van der Waals surface area (Å²) in [5.41, 5.74) is 7.27. The predicted octanol–water partition coefficient (Wildman–Crippen LogP) is 8.43. The fourth-order valence-corrected chi connectivity index (χ4v) is 5.44. The number of rotatable bonds is 6. The van der Waals surface area contributed by atoms with Gasteiger partial charge in [-0.15, -0.1) is 11.3 Å². The van der Waals surface area contributed by atoms with E-state index in [1.54, 1.807) is 14.2 Å². The molecule has 5 aromatic rings. The zero-order chi connectivity index (χ0) is 22.6. The van der Waals surface area contributed by atoms with E-state index in [2.05, 4.69) is 84.9 Å². The van der Waals surface area contributed by atoms with Crippen LogP contribution in [0.1, 0.15) is 0 Å². The Hall–Kier alpha value is -3.82. The molecule has 0 aliphatic heterocycles. The van der Waals surface area contributed by atoms with E-state index in [9.17, 15) is 0 Å². The number of hydrogen-bond donors (Lipinski definition) is 0. The lowest BCUT2D eigenvalue weighted by Crippen LogP contribution is -1.87. The van der Waals surface area contributed by atoms with Gasteiger partial charge in [-0.25, -0.2) is 0 Å². The number of ether oxygens (including phenoxy) is 2. The van der Waals surface area contributed by atoms with Crippen molar-refractivity contribution in [3.8, 4) is 54.6 Å². The van der Waals surface area contributed by atoms with E-state index in [1.165, 1.54) is 43.1 Å². The van der Waals surface area contributed by atoms with Crippen molar-refractivity contribution in [2.75, 3.05) is 14.2 Å². The molecule has 0 radical (unpaired) electrons. The normalized spacial score (nSPS) is 10.7. The van der Waals surface area contributed by atoms with Crippen molar-refractivity contribution in [3.63, 3.8) is 0 Å². The summed E-state index contributed by atoms with van der Waals surface area (Å²) in [6.45, 7) is 0. The fourth-order valence-electron chi connectivity index (χ4n) is 4.08. The molecule has 0 fully saturated rings. The van der Waals surface area contributed by atoms with Gasteiger partial charge in [-0.2, -0.15) is 0 Å². The van der Waals surface area contributed by atoms with Gasteiger partial charge < -0.3 is 9.47 Å². The summed E-state index contributed by atoms with van der Waals surface area (Å²) in [7, 11) is 3.40. The third-order valence-electron chi connectivity index (χ3n) is 5.74. The number of thiophene rings is 1. The molecule has 4 aromatic carbocycles. The summed E-state index contributed by atoms with van der Waals surface area (Å²) in [6, 6.07) is 38.0. The van der Waals surface area contributed by atoms with Gasteiger partial charge in [0.15, 0.2) is 0 Å². The van der Waals surface area contributed by atoms with Crippen LogP contribution in [0.2, 0.25) is 0 Å². The van der Waals surface area contributed by atoms with Crippen molar-refractivity contribution in [2.24, 2.45) is 0 Å². The SMILES string of the molecule is COc1ccc(-c2sc(-c3ccc(OC)cc3)c(-c3ccccc3)c2-c2ccccc2)cc1. The zero-order valence-corrected chi connectivity index (χ0v) is 19.4. The Morgan fingerprint density at radius 3 is 1.12 bits per heavy atom. The van der Waals surface area contributed by atoms with Crippen LogP contribution in [0.15, 0.2) is 109 Å². The summed E-state index contributed by atoms with van der Waals surface area (Å²) < 4.78 is 10.8. The maximum Gasteiger partial charge on any atom is 0.118 e. The van der Waals surface area contributed by atoms with E-state index in [-0.39, 0.29) is 0 Å². The van der Waals surface area contributed by atoms with E-state index >= 15 is 0 Å². The molecule has 33 heavy (non-hydrogen) atoms. The average molecular weight is 449 g/mol. The van der Waals surface area contributed by atoms with Crippen LogP contribution in [-0.2, 0) is 0 Å². The van der Waals surface area contributed by atoms with Crippen molar-refractivity contribution in [1.82, 2.24) is 0 Å². The number of methoxy groups -OCH3 is 2. The molecule has 3 heteroatoms. The highest BCUT2D eigenvalue weighted by Gasteiger charge is 2.23. The van der Waals surface area contributed by atoms with Crippen LogP contribution in [0.4, 0.5) is 0 Å². The predicted molar refractivity (Wildman–Crippen MR) is 139 cm³/mol. The largest absolute Gasteiger partial charge is 0.497 e. The molecule has 0 unspecified atom stereocenters. The summed E-state index contributed by atoms with van der Waals surface area (Å²) in [4.78, 5) is 2.49. The van der Waals surface area contributed by atoms with E-state index in [4.69, 9.17) is 9.47 Å². The highest BCUT2D eigenvalue weighted by Crippen LogP contribution is 2.52. The monoisotopic (exact) mass is 448 g/mol. The van der Waals surface area contributed by atoms with Crippen LogP contribution < -0.4 is 9.47 Å². The number of hydrogen-bond acceptors (Lipinski definition) is 3. The van der Waals surface area contributed by atoms with Crippen LogP contribution in [0.3, 0.4) is 0 Å². The highest BCUT2D eigenvalue weighted by atomic mass is 32.1. The van der Waals surface area contributed by atoms with Crippen LogP contribution in [0.5, 0.6) is 11.5 Å². The summed E-state index contributed by atoms with van der Waals surface area (Å²) in [6.07, 6.45) is 0. The zero-order valence-electron chi connectivity index (χ0n) is 18.6. The molecule has 0 spiro atoms. The van der Waals surface area contributed by atoms with E-state index < -0.39 is 0 Å².